The first-order chi connectivity index (χ1) is 17.2. The van der Waals surface area contributed by atoms with Crippen molar-refractivity contribution in [3.8, 4) is 5.75 Å². The van der Waals surface area contributed by atoms with E-state index in [1.54, 1.807) is 4.90 Å². The van der Waals surface area contributed by atoms with Crippen molar-refractivity contribution in [1.29, 1.82) is 0 Å². The number of benzene rings is 3. The van der Waals surface area contributed by atoms with Gasteiger partial charge in [0.05, 0.1) is 0 Å². The lowest BCUT2D eigenvalue weighted by molar-refractivity contribution is -0.143. The quantitative estimate of drug-likeness (QED) is 0.313. The summed E-state index contributed by atoms with van der Waals surface area (Å²) in [6.07, 6.45) is 0.405. The van der Waals surface area contributed by atoms with Crippen LogP contribution in [-0.4, -0.2) is 35.4 Å². The van der Waals surface area contributed by atoms with Crippen molar-refractivity contribution in [1.82, 2.24) is 10.2 Å². The third-order valence-electron chi connectivity index (χ3n) is 5.85. The van der Waals surface area contributed by atoms with E-state index >= 15 is 0 Å². The molecule has 0 spiro atoms. The molecule has 0 aromatic heterocycles. The highest BCUT2D eigenvalue weighted by Crippen LogP contribution is 2.20. The minimum absolute atomic E-state index is 0.0469. The van der Waals surface area contributed by atoms with Gasteiger partial charge in [0.15, 0.2) is 6.61 Å². The summed E-state index contributed by atoms with van der Waals surface area (Å²) in [6, 6.07) is 24.6. The highest BCUT2D eigenvalue weighted by Gasteiger charge is 2.31. The second kappa shape index (κ2) is 13.3. The van der Waals surface area contributed by atoms with Crippen LogP contribution in [0.15, 0.2) is 83.3 Å². The summed E-state index contributed by atoms with van der Waals surface area (Å²) >= 11 is 3.51. The maximum Gasteiger partial charge on any atom is 0.261 e. The standard InChI is InChI=1S/C30H35BrN2O3/c1-21(2)25-13-15-27(16-14-25)36-20-29(34)33(19-24-11-8-12-26(31)17-24)28(30(35)32-22(3)4)18-23-9-6-5-7-10-23/h5-17,21-22,28H,18-20H2,1-4H3,(H,32,35)/t28-/m0/s1. The molecule has 3 aromatic carbocycles. The normalized spacial score (nSPS) is 11.9. The fourth-order valence-corrected chi connectivity index (χ4v) is 4.39. The monoisotopic (exact) mass is 550 g/mol. The first-order valence-corrected chi connectivity index (χ1v) is 13.1. The van der Waals surface area contributed by atoms with E-state index in [-0.39, 0.29) is 31.0 Å². The summed E-state index contributed by atoms with van der Waals surface area (Å²) in [7, 11) is 0. The Kier molecular flexibility index (Phi) is 10.1. The molecule has 190 valence electrons. The summed E-state index contributed by atoms with van der Waals surface area (Å²) in [6.45, 7) is 8.23. The van der Waals surface area contributed by atoms with Gasteiger partial charge in [0, 0.05) is 23.5 Å². The third kappa shape index (κ3) is 8.23. The number of nitrogens with one attached hydrogen (secondary N) is 1. The smallest absolute Gasteiger partial charge is 0.261 e. The van der Waals surface area contributed by atoms with Crippen LogP contribution >= 0.6 is 15.9 Å². The zero-order chi connectivity index (χ0) is 26.1. The second-order valence-electron chi connectivity index (χ2n) is 9.53. The molecular weight excluding hydrogens is 516 g/mol. The molecule has 5 nitrogen and oxygen atoms in total. The number of rotatable bonds is 11. The minimum Gasteiger partial charge on any atom is -0.484 e. The molecule has 0 fully saturated rings. The van der Waals surface area contributed by atoms with Crippen LogP contribution in [0.4, 0.5) is 0 Å². The van der Waals surface area contributed by atoms with Crippen LogP contribution in [-0.2, 0) is 22.6 Å². The van der Waals surface area contributed by atoms with Gasteiger partial charge >= 0.3 is 0 Å². The van der Waals surface area contributed by atoms with Gasteiger partial charge in [-0.2, -0.15) is 0 Å². The van der Waals surface area contributed by atoms with Crippen molar-refractivity contribution in [3.63, 3.8) is 0 Å². The molecule has 2 amide bonds. The van der Waals surface area contributed by atoms with E-state index in [9.17, 15) is 9.59 Å². The van der Waals surface area contributed by atoms with Crippen LogP contribution in [0, 0.1) is 0 Å². The fraction of sp³-hybridized carbons (Fsp3) is 0.333. The average Bonchev–Trinajstić information content (AvgIpc) is 2.85. The molecular formula is C30H35BrN2O3. The molecule has 3 rings (SSSR count). The minimum atomic E-state index is -0.687. The van der Waals surface area contributed by atoms with Gasteiger partial charge in [0.2, 0.25) is 5.91 Å². The zero-order valence-electron chi connectivity index (χ0n) is 21.4. The van der Waals surface area contributed by atoms with E-state index in [4.69, 9.17) is 4.74 Å². The summed E-state index contributed by atoms with van der Waals surface area (Å²) in [5.74, 6) is 0.613. The van der Waals surface area contributed by atoms with E-state index in [1.165, 1.54) is 5.56 Å². The fourth-order valence-electron chi connectivity index (χ4n) is 3.94. The lowest BCUT2D eigenvalue weighted by atomic mass is 10.0. The predicted octanol–water partition coefficient (Wildman–Crippen LogP) is 6.12. The first kappa shape index (κ1) is 27.5. The van der Waals surface area contributed by atoms with Gasteiger partial charge < -0.3 is 15.0 Å². The number of nitrogens with zero attached hydrogens (tertiary/aromatic N) is 1. The molecule has 6 heteroatoms. The predicted molar refractivity (Wildman–Crippen MR) is 148 cm³/mol. The molecule has 0 saturated heterocycles. The number of carbonyl (C=O) groups is 2. The van der Waals surface area contributed by atoms with Gasteiger partial charge in [-0.1, -0.05) is 84.4 Å². The Hall–Kier alpha value is -3.12. The largest absolute Gasteiger partial charge is 0.484 e. The number of hydrogen-bond donors (Lipinski definition) is 1. The molecule has 3 aromatic rings. The Balaban J connectivity index is 1.88. The van der Waals surface area contributed by atoms with Crippen molar-refractivity contribution in [2.45, 2.75) is 58.7 Å². The van der Waals surface area contributed by atoms with Crippen LogP contribution in [0.25, 0.3) is 0 Å². The van der Waals surface area contributed by atoms with Gasteiger partial charge in [-0.15, -0.1) is 0 Å². The van der Waals surface area contributed by atoms with Crippen molar-refractivity contribution in [3.05, 3.63) is 100 Å². The van der Waals surface area contributed by atoms with Crippen molar-refractivity contribution >= 4 is 27.7 Å². The number of ether oxygens (including phenoxy) is 1. The second-order valence-corrected chi connectivity index (χ2v) is 10.4. The molecule has 36 heavy (non-hydrogen) atoms. The molecule has 0 aliphatic carbocycles. The Morgan fingerprint density at radius 1 is 0.889 bits per heavy atom. The molecule has 0 heterocycles. The molecule has 0 unspecified atom stereocenters. The van der Waals surface area contributed by atoms with Gasteiger partial charge in [-0.3, -0.25) is 9.59 Å². The van der Waals surface area contributed by atoms with Crippen molar-refractivity contribution in [2.24, 2.45) is 0 Å². The van der Waals surface area contributed by atoms with Gasteiger partial charge in [0.25, 0.3) is 5.91 Å². The van der Waals surface area contributed by atoms with Crippen LogP contribution in [0.2, 0.25) is 0 Å². The summed E-state index contributed by atoms with van der Waals surface area (Å²) in [5, 5.41) is 3.00. The number of hydrogen-bond acceptors (Lipinski definition) is 3. The van der Waals surface area contributed by atoms with E-state index in [2.05, 4.69) is 35.1 Å². The maximum absolute atomic E-state index is 13.6. The van der Waals surface area contributed by atoms with Gasteiger partial charge in [0.1, 0.15) is 11.8 Å². The lowest BCUT2D eigenvalue weighted by Gasteiger charge is -2.32. The summed E-state index contributed by atoms with van der Waals surface area (Å²) in [4.78, 5) is 28.6. The average molecular weight is 552 g/mol. The lowest BCUT2D eigenvalue weighted by Crippen LogP contribution is -2.52. The molecule has 0 aliphatic heterocycles. The highest BCUT2D eigenvalue weighted by atomic mass is 79.9. The zero-order valence-corrected chi connectivity index (χ0v) is 23.0. The maximum atomic E-state index is 13.6. The van der Waals surface area contributed by atoms with Crippen molar-refractivity contribution < 1.29 is 14.3 Å². The number of amides is 2. The van der Waals surface area contributed by atoms with Gasteiger partial charge in [-0.25, -0.2) is 0 Å². The molecule has 0 radical (unpaired) electrons. The molecule has 0 aliphatic rings. The third-order valence-corrected chi connectivity index (χ3v) is 6.35. The molecule has 1 atom stereocenters. The number of halogens is 1. The van der Waals surface area contributed by atoms with Crippen LogP contribution in [0.3, 0.4) is 0 Å². The van der Waals surface area contributed by atoms with Crippen LogP contribution < -0.4 is 10.1 Å². The van der Waals surface area contributed by atoms with Crippen molar-refractivity contribution in [2.75, 3.05) is 6.61 Å². The Morgan fingerprint density at radius 2 is 1.56 bits per heavy atom. The van der Waals surface area contributed by atoms with E-state index in [0.717, 1.165) is 15.6 Å². The summed E-state index contributed by atoms with van der Waals surface area (Å²) in [5.41, 5.74) is 3.12. The van der Waals surface area contributed by atoms with E-state index in [1.807, 2.05) is 92.7 Å². The van der Waals surface area contributed by atoms with Crippen LogP contribution in [0.1, 0.15) is 50.3 Å². The van der Waals surface area contributed by atoms with Crippen LogP contribution in [0.5, 0.6) is 5.75 Å². The Bertz CT molecular complexity index is 1130. The topological polar surface area (TPSA) is 58.6 Å². The molecule has 0 saturated carbocycles. The van der Waals surface area contributed by atoms with E-state index in [0.29, 0.717) is 18.1 Å². The SMILES string of the molecule is CC(C)NC(=O)[C@H](Cc1ccccc1)N(Cc1cccc(Br)c1)C(=O)COc1ccc(C(C)C)cc1. The first-order valence-electron chi connectivity index (χ1n) is 12.3. The number of carbonyl (C=O) groups excluding carboxylic acids is 2. The Morgan fingerprint density at radius 3 is 2.17 bits per heavy atom. The Labute approximate surface area is 223 Å². The van der Waals surface area contributed by atoms with E-state index < -0.39 is 6.04 Å². The molecule has 0 bridgehead atoms. The van der Waals surface area contributed by atoms with Gasteiger partial charge in [-0.05, 0) is 60.7 Å². The summed E-state index contributed by atoms with van der Waals surface area (Å²) < 4.78 is 6.79. The molecule has 1 N–H and O–H groups in total. The highest BCUT2D eigenvalue weighted by molar-refractivity contribution is 9.10.